The molecule has 6 N–H and O–H groups in total. The standard InChI is InChI=1S/C31H48O5.C30H44O7/c1-16-19(32)13-24(27(2,3)4)36-21-14-29(7)22-11-10-17-18(12-20(33)26(35)28(17,5)6)31(22,9)23(34)15-30(29,8)25(16)21;1-25(2,36)12-11-21(33)30(8,37)23-19(32)14-27(5)20-10-9-16-17(13-18(31)24(35)26(16,3)4)29(20,7)22(34)15-28(23,27)6/h10,16,18,20-22,24-26,33,35H,11-15H2,1-9H3;9,13,17,19-20,23,31-32,36-37H,10-12,14-15H2,1-8H3/t16-,18+,20+,21-,22-,24-,25-,26+,29-,30+,31-;17-,19-,20+,23+,27+,28-,29+,30+/m01/s1. The van der Waals surface area contributed by atoms with Gasteiger partial charge in [-0.05, 0) is 124 Å². The molecule has 0 amide bonds. The van der Waals surface area contributed by atoms with Crippen LogP contribution in [0.15, 0.2) is 35.1 Å². The van der Waals surface area contributed by atoms with Crippen LogP contribution in [0.3, 0.4) is 0 Å². The molecule has 1 saturated heterocycles. The molecule has 9 rings (SSSR count). The van der Waals surface area contributed by atoms with Crippen LogP contribution in [0, 0.1) is 90.2 Å². The molecular formula is C61H92O12. The summed E-state index contributed by atoms with van der Waals surface area (Å²) in [4.78, 5) is 68.1. The first-order valence-electron chi connectivity index (χ1n) is 27.7. The fourth-order valence-electron chi connectivity index (χ4n) is 18.7. The van der Waals surface area contributed by atoms with Gasteiger partial charge in [0.15, 0.2) is 11.5 Å². The van der Waals surface area contributed by atoms with Crippen LogP contribution in [0.4, 0.5) is 0 Å². The van der Waals surface area contributed by atoms with Crippen LogP contribution < -0.4 is 0 Å². The van der Waals surface area contributed by atoms with E-state index in [-0.39, 0.29) is 106 Å². The predicted octanol–water partition coefficient (Wildman–Crippen LogP) is 8.96. The molecule has 0 aromatic carbocycles. The van der Waals surface area contributed by atoms with Crippen molar-refractivity contribution in [3.05, 3.63) is 35.1 Å². The lowest BCUT2D eigenvalue weighted by molar-refractivity contribution is -0.181. The highest BCUT2D eigenvalue weighted by Crippen LogP contribution is 2.76. The Balaban J connectivity index is 0.000000195. The SMILES string of the molecule is CC(C)(O)CCC(=O)[C@](C)(O)[C@H]1[C@H](O)C[C@@]2(C)[C@@H]3CC=C4[C@@H](C=C(O)C(=O)C4(C)C)[C@]3(C)C(=O)C[C@]12C.C[C@H]1C(=O)C[C@@H](C(C)(C)C)O[C@H]2C[C@@]3(C)[C@@H]4CC=C5[C@@H](C[C@@H](O)[C@@H](O)C5(C)C)[C@]4(C)C(=O)C[C@]3(C)[C@H]21. The maximum absolute atomic E-state index is 14.4. The average Bonchev–Trinajstić information content (AvgIpc) is 3.54. The van der Waals surface area contributed by atoms with Crippen molar-refractivity contribution in [3.63, 3.8) is 0 Å². The first-order valence-corrected chi connectivity index (χ1v) is 27.7. The Kier molecular flexibility index (Phi) is 13.2. The van der Waals surface area contributed by atoms with Crippen molar-refractivity contribution in [2.45, 2.75) is 224 Å². The minimum Gasteiger partial charge on any atom is -0.505 e. The van der Waals surface area contributed by atoms with Crippen LogP contribution in [-0.2, 0) is 28.7 Å². The van der Waals surface area contributed by atoms with Crippen molar-refractivity contribution in [1.29, 1.82) is 0 Å². The lowest BCUT2D eigenvalue weighted by Crippen LogP contribution is -2.64. The summed E-state index contributed by atoms with van der Waals surface area (Å²) in [6.07, 6.45) is 7.07. The first-order chi connectivity index (χ1) is 33.1. The van der Waals surface area contributed by atoms with E-state index >= 15 is 0 Å². The van der Waals surface area contributed by atoms with Crippen LogP contribution in [0.1, 0.15) is 182 Å². The van der Waals surface area contributed by atoms with Crippen molar-refractivity contribution in [3.8, 4) is 0 Å². The molecule has 8 aliphatic carbocycles. The van der Waals surface area contributed by atoms with E-state index in [1.165, 1.54) is 13.0 Å². The van der Waals surface area contributed by atoms with Gasteiger partial charge in [-0.25, -0.2) is 0 Å². The number of aliphatic hydroxyl groups excluding tert-OH is 4. The molecule has 0 radical (unpaired) electrons. The highest BCUT2D eigenvalue weighted by Gasteiger charge is 2.76. The fraction of sp³-hybridized carbons (Fsp3) is 0.820. The molecule has 1 aliphatic heterocycles. The van der Waals surface area contributed by atoms with Crippen molar-refractivity contribution >= 4 is 28.9 Å². The number of ketones is 5. The summed E-state index contributed by atoms with van der Waals surface area (Å²) in [6.45, 7) is 33.4. The second kappa shape index (κ2) is 17.1. The Morgan fingerprint density at radius 3 is 1.84 bits per heavy atom. The van der Waals surface area contributed by atoms with E-state index in [0.29, 0.717) is 32.1 Å². The molecule has 12 heteroatoms. The Bertz CT molecular complexity index is 2440. The van der Waals surface area contributed by atoms with E-state index in [1.807, 2.05) is 33.8 Å². The van der Waals surface area contributed by atoms with Crippen LogP contribution in [0.2, 0.25) is 0 Å². The summed E-state index contributed by atoms with van der Waals surface area (Å²) < 4.78 is 6.86. The Labute approximate surface area is 435 Å². The molecule has 408 valence electrons. The highest BCUT2D eigenvalue weighted by molar-refractivity contribution is 6.02. The number of ether oxygens (including phenoxy) is 1. The average molecular weight is 1020 g/mol. The van der Waals surface area contributed by atoms with Crippen molar-refractivity contribution in [2.24, 2.45) is 90.2 Å². The molecule has 9 aliphatic rings. The Hall–Kier alpha value is -2.87. The van der Waals surface area contributed by atoms with E-state index in [4.69, 9.17) is 4.74 Å². The number of Topliss-reactive ketones (excluding diaryl/α,β-unsaturated/α-hetero) is 5. The van der Waals surface area contributed by atoms with Crippen LogP contribution in [0.25, 0.3) is 0 Å². The summed E-state index contributed by atoms with van der Waals surface area (Å²) in [7, 11) is 0. The van der Waals surface area contributed by atoms with Gasteiger partial charge in [-0.3, -0.25) is 24.0 Å². The minimum atomic E-state index is -1.88. The molecule has 73 heavy (non-hydrogen) atoms. The number of hydrogen-bond acceptors (Lipinski definition) is 12. The maximum Gasteiger partial charge on any atom is 0.206 e. The lowest BCUT2D eigenvalue weighted by Gasteiger charge is -2.64. The zero-order valence-corrected chi connectivity index (χ0v) is 47.4. The number of aliphatic hydroxyl groups is 6. The van der Waals surface area contributed by atoms with Crippen molar-refractivity contribution in [1.82, 2.24) is 0 Å². The van der Waals surface area contributed by atoms with E-state index in [2.05, 4.69) is 61.5 Å². The van der Waals surface area contributed by atoms with Gasteiger partial charge in [0.1, 0.15) is 23.0 Å². The smallest absolute Gasteiger partial charge is 0.206 e. The van der Waals surface area contributed by atoms with Crippen LogP contribution in [-0.4, -0.2) is 101 Å². The second-order valence-corrected chi connectivity index (χ2v) is 29.7. The number of hydrogen-bond donors (Lipinski definition) is 6. The van der Waals surface area contributed by atoms with Crippen molar-refractivity contribution in [2.75, 3.05) is 0 Å². The van der Waals surface area contributed by atoms with E-state index in [9.17, 15) is 54.6 Å². The molecule has 5 saturated carbocycles. The lowest BCUT2D eigenvalue weighted by atomic mass is 9.38. The molecule has 19 atom stereocenters. The largest absolute Gasteiger partial charge is 0.505 e. The summed E-state index contributed by atoms with van der Waals surface area (Å²) in [5.41, 5.74) is -6.05. The minimum absolute atomic E-state index is 0.0245. The summed E-state index contributed by atoms with van der Waals surface area (Å²) in [5, 5.41) is 65.4. The van der Waals surface area contributed by atoms with Gasteiger partial charge in [0.05, 0.1) is 41.5 Å². The molecule has 0 unspecified atom stereocenters. The van der Waals surface area contributed by atoms with E-state index < -0.39 is 79.6 Å². The molecule has 0 bridgehead atoms. The molecule has 12 nitrogen and oxygen atoms in total. The van der Waals surface area contributed by atoms with E-state index in [1.54, 1.807) is 27.7 Å². The quantitative estimate of drug-likeness (QED) is 0.142. The monoisotopic (exact) mass is 1020 g/mol. The molecule has 0 aromatic rings. The molecule has 1 heterocycles. The van der Waals surface area contributed by atoms with Crippen LogP contribution >= 0.6 is 0 Å². The van der Waals surface area contributed by atoms with Crippen molar-refractivity contribution < 1.29 is 59.3 Å². The third-order valence-electron chi connectivity index (χ3n) is 23.6. The van der Waals surface area contributed by atoms with Gasteiger partial charge in [0, 0.05) is 65.6 Å². The number of rotatable bonds is 5. The summed E-state index contributed by atoms with van der Waals surface area (Å²) >= 11 is 0. The normalized spacial score (nSPS) is 47.5. The molecule has 0 aromatic heterocycles. The molecule has 0 spiro atoms. The Morgan fingerprint density at radius 2 is 1.26 bits per heavy atom. The number of fused-ring (bicyclic) bond motifs is 12. The first kappa shape index (κ1) is 56.3. The Morgan fingerprint density at radius 1 is 0.726 bits per heavy atom. The zero-order chi connectivity index (χ0) is 54.9. The molecule has 6 fully saturated rings. The topological polar surface area (TPSA) is 216 Å². The number of carbonyl (C=O) groups excluding carboxylic acids is 5. The second-order valence-electron chi connectivity index (χ2n) is 29.7. The summed E-state index contributed by atoms with van der Waals surface area (Å²) in [6, 6.07) is 0. The van der Waals surface area contributed by atoms with Gasteiger partial charge in [-0.2, -0.15) is 0 Å². The van der Waals surface area contributed by atoms with Gasteiger partial charge in [0.2, 0.25) is 5.78 Å². The highest BCUT2D eigenvalue weighted by atomic mass is 16.5. The van der Waals surface area contributed by atoms with E-state index in [0.717, 1.165) is 24.0 Å². The van der Waals surface area contributed by atoms with Gasteiger partial charge in [-0.15, -0.1) is 0 Å². The number of allylic oxidation sites excluding steroid dienone is 5. The molecular weight excluding hydrogens is 925 g/mol. The summed E-state index contributed by atoms with van der Waals surface area (Å²) in [5.74, 6) is -2.23. The maximum atomic E-state index is 14.4. The van der Waals surface area contributed by atoms with Gasteiger partial charge >= 0.3 is 0 Å². The third-order valence-corrected chi connectivity index (χ3v) is 23.6. The van der Waals surface area contributed by atoms with Gasteiger partial charge in [0.25, 0.3) is 0 Å². The zero-order valence-electron chi connectivity index (χ0n) is 47.4. The van der Waals surface area contributed by atoms with Crippen LogP contribution in [0.5, 0.6) is 0 Å². The number of carbonyl (C=O) groups is 5. The fourth-order valence-corrected chi connectivity index (χ4v) is 18.7. The predicted molar refractivity (Wildman–Crippen MR) is 277 cm³/mol. The third kappa shape index (κ3) is 7.70. The van der Waals surface area contributed by atoms with Gasteiger partial charge in [-0.1, -0.05) is 106 Å². The van der Waals surface area contributed by atoms with Gasteiger partial charge < -0.3 is 35.4 Å².